The topological polar surface area (TPSA) is 58.8 Å². The minimum absolute atomic E-state index is 0.301. The van der Waals surface area contributed by atoms with Crippen molar-refractivity contribution in [3.8, 4) is 34.2 Å². The van der Waals surface area contributed by atoms with Gasteiger partial charge in [0.1, 0.15) is 5.82 Å². The van der Waals surface area contributed by atoms with Gasteiger partial charge in [0.2, 0.25) is 5.88 Å². The van der Waals surface area contributed by atoms with Gasteiger partial charge >= 0.3 is 0 Å². The van der Waals surface area contributed by atoms with Gasteiger partial charge in [-0.1, -0.05) is 24.3 Å². The van der Waals surface area contributed by atoms with Crippen molar-refractivity contribution in [3.05, 3.63) is 66.1 Å². The number of ether oxygens (including phenoxy) is 1. The Hall–Kier alpha value is -3.26. The maximum absolute atomic E-state index is 13.3. The van der Waals surface area contributed by atoms with Crippen molar-refractivity contribution >= 4 is 0 Å². The zero-order chi connectivity index (χ0) is 16.9. The average Bonchev–Trinajstić information content (AvgIpc) is 2.62. The molecule has 0 spiro atoms. The van der Waals surface area contributed by atoms with Crippen molar-refractivity contribution in [2.24, 2.45) is 0 Å². The van der Waals surface area contributed by atoms with Crippen molar-refractivity contribution < 1.29 is 9.13 Å². The summed E-state index contributed by atoms with van der Waals surface area (Å²) in [5.41, 5.74) is 3.59. The van der Waals surface area contributed by atoms with E-state index in [9.17, 15) is 9.65 Å². The van der Waals surface area contributed by atoms with Gasteiger partial charge in [0, 0.05) is 11.6 Å². The lowest BCUT2D eigenvalue weighted by Gasteiger charge is -2.08. The molecule has 0 aliphatic heterocycles. The van der Waals surface area contributed by atoms with E-state index in [0.717, 1.165) is 16.7 Å². The maximum atomic E-state index is 13.3. The van der Waals surface area contributed by atoms with Gasteiger partial charge in [0.15, 0.2) is 0 Å². The third kappa shape index (κ3) is 3.23. The number of nitriles is 1. The SMILES string of the molecule is CCOc1cc(-c2cccc(-c3ccc(F)cc3C#N)c2)cnn1. The van der Waals surface area contributed by atoms with Crippen LogP contribution in [0.3, 0.4) is 0 Å². The highest BCUT2D eigenvalue weighted by Crippen LogP contribution is 2.29. The van der Waals surface area contributed by atoms with Crippen molar-refractivity contribution in [2.75, 3.05) is 6.61 Å². The Bertz CT molecular complexity index is 918. The zero-order valence-corrected chi connectivity index (χ0v) is 13.0. The smallest absolute Gasteiger partial charge is 0.233 e. The molecule has 1 heterocycles. The van der Waals surface area contributed by atoms with E-state index in [2.05, 4.69) is 10.2 Å². The Morgan fingerprint density at radius 3 is 2.71 bits per heavy atom. The predicted octanol–water partition coefficient (Wildman–Crippen LogP) is 4.22. The number of hydrogen-bond acceptors (Lipinski definition) is 4. The Kier molecular flexibility index (Phi) is 4.48. The van der Waals surface area contributed by atoms with E-state index >= 15 is 0 Å². The number of aromatic nitrogens is 2. The van der Waals surface area contributed by atoms with Crippen molar-refractivity contribution in [2.45, 2.75) is 6.92 Å². The van der Waals surface area contributed by atoms with Gasteiger partial charge in [-0.25, -0.2) is 4.39 Å². The number of rotatable bonds is 4. The normalized spacial score (nSPS) is 10.2. The van der Waals surface area contributed by atoms with E-state index < -0.39 is 5.82 Å². The van der Waals surface area contributed by atoms with Crippen LogP contribution in [-0.4, -0.2) is 16.8 Å². The van der Waals surface area contributed by atoms with Crippen LogP contribution in [0.4, 0.5) is 4.39 Å². The first-order chi connectivity index (χ1) is 11.7. The molecular weight excluding hydrogens is 305 g/mol. The summed E-state index contributed by atoms with van der Waals surface area (Å²) in [5, 5.41) is 17.1. The molecule has 3 aromatic rings. The lowest BCUT2D eigenvalue weighted by atomic mass is 9.97. The highest BCUT2D eigenvalue weighted by atomic mass is 19.1. The molecule has 0 unspecified atom stereocenters. The van der Waals surface area contributed by atoms with Crippen molar-refractivity contribution in [3.63, 3.8) is 0 Å². The van der Waals surface area contributed by atoms with E-state index in [1.54, 1.807) is 12.3 Å². The summed E-state index contributed by atoms with van der Waals surface area (Å²) < 4.78 is 18.7. The van der Waals surface area contributed by atoms with Crippen molar-refractivity contribution in [1.29, 1.82) is 5.26 Å². The molecule has 0 aliphatic carbocycles. The van der Waals surface area contributed by atoms with Crippen LogP contribution in [-0.2, 0) is 0 Å². The van der Waals surface area contributed by atoms with Gasteiger partial charge in [-0.05, 0) is 41.8 Å². The summed E-state index contributed by atoms with van der Waals surface area (Å²) >= 11 is 0. The Labute approximate surface area is 139 Å². The fourth-order valence-electron chi connectivity index (χ4n) is 2.45. The molecule has 5 heteroatoms. The molecule has 24 heavy (non-hydrogen) atoms. The minimum atomic E-state index is -0.425. The van der Waals surface area contributed by atoms with Crippen LogP contribution in [0.25, 0.3) is 22.3 Å². The average molecular weight is 319 g/mol. The molecule has 4 nitrogen and oxygen atoms in total. The lowest BCUT2D eigenvalue weighted by molar-refractivity contribution is 0.323. The van der Waals surface area contributed by atoms with Gasteiger partial charge in [0.05, 0.1) is 24.4 Å². The molecular formula is C19H14FN3O. The number of nitrogens with zero attached hydrogens (tertiary/aromatic N) is 3. The summed E-state index contributed by atoms with van der Waals surface area (Å²) in [6.07, 6.45) is 1.65. The lowest BCUT2D eigenvalue weighted by Crippen LogP contribution is -1.96. The van der Waals surface area contributed by atoms with E-state index in [1.807, 2.05) is 43.3 Å². The van der Waals surface area contributed by atoms with Gasteiger partial charge in [-0.15, -0.1) is 5.10 Å². The molecule has 0 saturated heterocycles. The van der Waals surface area contributed by atoms with Crippen LogP contribution in [0.5, 0.6) is 5.88 Å². The number of halogens is 1. The van der Waals surface area contributed by atoms with Gasteiger partial charge in [-0.2, -0.15) is 10.4 Å². The summed E-state index contributed by atoms with van der Waals surface area (Å²) in [6, 6.07) is 15.7. The monoisotopic (exact) mass is 319 g/mol. The molecule has 0 aliphatic rings. The third-order valence-electron chi connectivity index (χ3n) is 3.53. The summed E-state index contributed by atoms with van der Waals surface area (Å²) in [7, 11) is 0. The van der Waals surface area contributed by atoms with E-state index in [1.165, 1.54) is 12.1 Å². The molecule has 118 valence electrons. The largest absolute Gasteiger partial charge is 0.477 e. The first-order valence-corrected chi connectivity index (χ1v) is 7.47. The number of hydrogen-bond donors (Lipinski definition) is 0. The van der Waals surface area contributed by atoms with Crippen LogP contribution in [0.2, 0.25) is 0 Å². The van der Waals surface area contributed by atoms with E-state index in [0.29, 0.717) is 23.6 Å². The minimum Gasteiger partial charge on any atom is -0.477 e. The molecule has 2 aromatic carbocycles. The van der Waals surface area contributed by atoms with Gasteiger partial charge < -0.3 is 4.74 Å². The van der Waals surface area contributed by atoms with Crippen LogP contribution in [0.1, 0.15) is 12.5 Å². The van der Waals surface area contributed by atoms with Crippen molar-refractivity contribution in [1.82, 2.24) is 10.2 Å². The Morgan fingerprint density at radius 2 is 1.92 bits per heavy atom. The second-order valence-electron chi connectivity index (χ2n) is 5.10. The fraction of sp³-hybridized carbons (Fsp3) is 0.105. The fourth-order valence-corrected chi connectivity index (χ4v) is 2.45. The predicted molar refractivity (Wildman–Crippen MR) is 88.7 cm³/mol. The first kappa shape index (κ1) is 15.6. The molecule has 0 amide bonds. The molecule has 0 bridgehead atoms. The molecule has 0 atom stereocenters. The molecule has 0 radical (unpaired) electrons. The summed E-state index contributed by atoms with van der Waals surface area (Å²) in [6.45, 7) is 2.40. The molecule has 3 rings (SSSR count). The van der Waals surface area contributed by atoms with Crippen LogP contribution < -0.4 is 4.74 Å². The number of benzene rings is 2. The highest BCUT2D eigenvalue weighted by molar-refractivity contribution is 5.76. The Balaban J connectivity index is 2.04. The summed E-state index contributed by atoms with van der Waals surface area (Å²) in [4.78, 5) is 0. The van der Waals surface area contributed by atoms with Gasteiger partial charge in [0.25, 0.3) is 0 Å². The third-order valence-corrected chi connectivity index (χ3v) is 3.53. The quantitative estimate of drug-likeness (QED) is 0.722. The van der Waals surface area contributed by atoms with Gasteiger partial charge in [-0.3, -0.25) is 0 Å². The molecule has 0 N–H and O–H groups in total. The standard InChI is InChI=1S/C19H14FN3O/c1-2-24-19-10-16(12-22-23-19)13-4-3-5-14(8-13)18-7-6-17(20)9-15(18)11-21/h3-10,12H,2H2,1H3. The van der Waals surface area contributed by atoms with Crippen LogP contribution >= 0.6 is 0 Å². The second kappa shape index (κ2) is 6.88. The Morgan fingerprint density at radius 1 is 1.08 bits per heavy atom. The molecule has 0 fully saturated rings. The van der Waals surface area contributed by atoms with Crippen LogP contribution in [0, 0.1) is 17.1 Å². The highest BCUT2D eigenvalue weighted by Gasteiger charge is 2.09. The zero-order valence-electron chi connectivity index (χ0n) is 13.0. The maximum Gasteiger partial charge on any atom is 0.233 e. The molecule has 0 saturated carbocycles. The first-order valence-electron chi connectivity index (χ1n) is 7.47. The summed E-state index contributed by atoms with van der Waals surface area (Å²) in [5.74, 6) is 0.0334. The van der Waals surface area contributed by atoms with E-state index in [-0.39, 0.29) is 0 Å². The second-order valence-corrected chi connectivity index (χ2v) is 5.10. The molecule has 1 aromatic heterocycles. The van der Waals surface area contributed by atoms with E-state index in [4.69, 9.17) is 4.74 Å². The van der Waals surface area contributed by atoms with Crippen LogP contribution in [0.15, 0.2) is 54.7 Å².